The highest BCUT2D eigenvalue weighted by molar-refractivity contribution is 5.96. The fourth-order valence-electron chi connectivity index (χ4n) is 3.21. The molecule has 1 aromatic carbocycles. The van der Waals surface area contributed by atoms with E-state index in [1.807, 2.05) is 29.2 Å². The highest BCUT2D eigenvalue weighted by Gasteiger charge is 2.21. The molecular weight excluding hydrogens is 314 g/mol. The zero-order chi connectivity index (χ0) is 18.4. The molecule has 138 valence electrons. The molecule has 0 radical (unpaired) electrons. The van der Waals surface area contributed by atoms with Crippen LogP contribution >= 0.6 is 0 Å². The van der Waals surface area contributed by atoms with E-state index in [1.165, 1.54) is 10.5 Å². The van der Waals surface area contributed by atoms with E-state index >= 15 is 0 Å². The van der Waals surface area contributed by atoms with Crippen LogP contribution in [0.15, 0.2) is 24.3 Å². The van der Waals surface area contributed by atoms with Gasteiger partial charge in [-0.15, -0.1) is 0 Å². The predicted octanol–water partition coefficient (Wildman–Crippen LogP) is 2.61. The molecule has 0 spiro atoms. The predicted molar refractivity (Wildman–Crippen MR) is 100 cm³/mol. The molecule has 2 rings (SSSR count). The number of carbonyl (C=O) groups is 2. The van der Waals surface area contributed by atoms with E-state index in [9.17, 15) is 9.59 Å². The average molecular weight is 345 g/mol. The average Bonchev–Trinajstić information content (AvgIpc) is 3.14. The fourth-order valence-corrected chi connectivity index (χ4v) is 3.21. The highest BCUT2D eigenvalue weighted by atomic mass is 16.2. The Hall–Kier alpha value is -1.88. The molecule has 0 aliphatic carbocycles. The van der Waals surface area contributed by atoms with Gasteiger partial charge in [-0.3, -0.25) is 14.5 Å². The van der Waals surface area contributed by atoms with Crippen LogP contribution in [-0.2, 0) is 11.3 Å². The first-order valence-electron chi connectivity index (χ1n) is 9.28. The summed E-state index contributed by atoms with van der Waals surface area (Å²) in [6.07, 6.45) is 2.13. The maximum Gasteiger partial charge on any atom is 0.254 e. The molecule has 2 amide bonds. The Kier molecular flexibility index (Phi) is 7.00. The summed E-state index contributed by atoms with van der Waals surface area (Å²) in [6, 6.07) is 8.24. The first kappa shape index (κ1) is 19.4. The van der Waals surface area contributed by atoms with Gasteiger partial charge < -0.3 is 9.80 Å². The Morgan fingerprint density at radius 1 is 1.12 bits per heavy atom. The number of hydrogen-bond acceptors (Lipinski definition) is 3. The molecule has 0 unspecified atom stereocenters. The van der Waals surface area contributed by atoms with Gasteiger partial charge in [0.25, 0.3) is 5.91 Å². The van der Waals surface area contributed by atoms with Crippen molar-refractivity contribution in [2.24, 2.45) is 0 Å². The normalized spacial score (nSPS) is 14.4. The third kappa shape index (κ3) is 5.30. The highest BCUT2D eigenvalue weighted by Crippen LogP contribution is 2.12. The van der Waals surface area contributed by atoms with Crippen LogP contribution in [0.5, 0.6) is 0 Å². The number of benzene rings is 1. The summed E-state index contributed by atoms with van der Waals surface area (Å²) >= 11 is 0. The lowest BCUT2D eigenvalue weighted by Gasteiger charge is -2.25. The topological polar surface area (TPSA) is 43.9 Å². The minimum Gasteiger partial charge on any atom is -0.341 e. The lowest BCUT2D eigenvalue weighted by atomic mass is 10.1. The van der Waals surface area contributed by atoms with Gasteiger partial charge in [0.15, 0.2) is 0 Å². The van der Waals surface area contributed by atoms with Gasteiger partial charge in [-0.1, -0.05) is 19.1 Å². The van der Waals surface area contributed by atoms with Crippen LogP contribution in [0.2, 0.25) is 0 Å². The van der Waals surface area contributed by atoms with Gasteiger partial charge in [-0.2, -0.15) is 0 Å². The molecule has 0 atom stereocenters. The van der Waals surface area contributed by atoms with Crippen molar-refractivity contribution in [3.8, 4) is 0 Å². The molecular formula is C20H31N3O2. The number of likely N-dealkylation sites (N-methyl/N-ethyl adjacent to an activating group) is 1. The zero-order valence-electron chi connectivity index (χ0n) is 16.0. The molecule has 0 bridgehead atoms. The van der Waals surface area contributed by atoms with Gasteiger partial charge >= 0.3 is 0 Å². The largest absolute Gasteiger partial charge is 0.341 e. The number of carbonyl (C=O) groups excluding carboxylic acids is 2. The van der Waals surface area contributed by atoms with Gasteiger partial charge in [0.1, 0.15) is 0 Å². The van der Waals surface area contributed by atoms with E-state index in [0.717, 1.165) is 39.0 Å². The third-order valence-electron chi connectivity index (χ3n) is 4.90. The van der Waals surface area contributed by atoms with Crippen molar-refractivity contribution >= 4 is 11.8 Å². The molecule has 5 heteroatoms. The van der Waals surface area contributed by atoms with Crippen molar-refractivity contribution in [1.29, 1.82) is 0 Å². The van der Waals surface area contributed by atoms with Crippen LogP contribution in [0.25, 0.3) is 0 Å². The molecule has 0 aromatic heterocycles. The van der Waals surface area contributed by atoms with Crippen molar-refractivity contribution in [2.45, 2.75) is 46.2 Å². The summed E-state index contributed by atoms with van der Waals surface area (Å²) in [6.45, 7) is 10.2. The summed E-state index contributed by atoms with van der Waals surface area (Å²) in [4.78, 5) is 30.5. The second kappa shape index (κ2) is 8.99. The maximum absolute atomic E-state index is 12.5. The van der Waals surface area contributed by atoms with Crippen LogP contribution in [0.3, 0.4) is 0 Å². The molecule has 1 heterocycles. The quantitative estimate of drug-likeness (QED) is 0.763. The minimum absolute atomic E-state index is 0.0421. The summed E-state index contributed by atoms with van der Waals surface area (Å²) in [5.41, 5.74) is 1.83. The SMILES string of the molecule is CCN(Cc1ccc(C(=O)N(C)CC(=O)N2CCCC2)cc1)C(C)C. The molecule has 0 N–H and O–H groups in total. The summed E-state index contributed by atoms with van der Waals surface area (Å²) in [5.74, 6) is -0.0594. The second-order valence-corrected chi connectivity index (χ2v) is 7.10. The lowest BCUT2D eigenvalue weighted by molar-refractivity contribution is -0.130. The lowest BCUT2D eigenvalue weighted by Crippen LogP contribution is -2.39. The first-order chi connectivity index (χ1) is 11.9. The van der Waals surface area contributed by atoms with Crippen molar-refractivity contribution in [3.63, 3.8) is 0 Å². The van der Waals surface area contributed by atoms with Gasteiger partial charge in [0.05, 0.1) is 6.54 Å². The molecule has 25 heavy (non-hydrogen) atoms. The fraction of sp³-hybridized carbons (Fsp3) is 0.600. The summed E-state index contributed by atoms with van der Waals surface area (Å²) in [5, 5.41) is 0. The van der Waals surface area contributed by atoms with Gasteiger partial charge in [0, 0.05) is 38.3 Å². The Morgan fingerprint density at radius 2 is 1.72 bits per heavy atom. The van der Waals surface area contributed by atoms with E-state index in [0.29, 0.717) is 11.6 Å². The third-order valence-corrected chi connectivity index (χ3v) is 4.90. The second-order valence-electron chi connectivity index (χ2n) is 7.10. The minimum atomic E-state index is -0.102. The van der Waals surface area contributed by atoms with Crippen LogP contribution in [0, 0.1) is 0 Å². The van der Waals surface area contributed by atoms with Crippen LogP contribution < -0.4 is 0 Å². The zero-order valence-corrected chi connectivity index (χ0v) is 16.0. The Morgan fingerprint density at radius 3 is 2.24 bits per heavy atom. The van der Waals surface area contributed by atoms with Crippen LogP contribution in [0.4, 0.5) is 0 Å². The Bertz CT molecular complexity index is 577. The van der Waals surface area contributed by atoms with Crippen molar-refractivity contribution < 1.29 is 9.59 Å². The molecule has 5 nitrogen and oxygen atoms in total. The maximum atomic E-state index is 12.5. The number of amides is 2. The molecule has 1 aliphatic rings. The summed E-state index contributed by atoms with van der Waals surface area (Å²) in [7, 11) is 1.70. The number of nitrogens with zero attached hydrogens (tertiary/aromatic N) is 3. The monoisotopic (exact) mass is 345 g/mol. The standard InChI is InChI=1S/C20H31N3O2/c1-5-22(16(2)3)14-17-8-10-18(11-9-17)20(25)21(4)15-19(24)23-12-6-7-13-23/h8-11,16H,5-7,12-15H2,1-4H3. The Balaban J connectivity index is 1.93. The molecule has 1 saturated heterocycles. The summed E-state index contributed by atoms with van der Waals surface area (Å²) < 4.78 is 0. The van der Waals surface area contributed by atoms with Crippen LogP contribution in [-0.4, -0.2) is 65.8 Å². The van der Waals surface area contributed by atoms with E-state index < -0.39 is 0 Å². The van der Waals surface area contributed by atoms with Crippen molar-refractivity contribution in [1.82, 2.24) is 14.7 Å². The molecule has 1 aromatic rings. The van der Waals surface area contributed by atoms with E-state index in [4.69, 9.17) is 0 Å². The number of likely N-dealkylation sites (tertiary alicyclic amines) is 1. The van der Waals surface area contributed by atoms with E-state index in [-0.39, 0.29) is 18.4 Å². The number of rotatable bonds is 7. The van der Waals surface area contributed by atoms with Gasteiger partial charge in [-0.05, 0) is 50.9 Å². The Labute approximate surface area is 151 Å². The van der Waals surface area contributed by atoms with Crippen molar-refractivity contribution in [3.05, 3.63) is 35.4 Å². The van der Waals surface area contributed by atoms with Gasteiger partial charge in [-0.25, -0.2) is 0 Å². The number of hydrogen-bond donors (Lipinski definition) is 0. The van der Waals surface area contributed by atoms with E-state index in [1.54, 1.807) is 7.05 Å². The molecule has 1 aliphatic heterocycles. The smallest absolute Gasteiger partial charge is 0.254 e. The van der Waals surface area contributed by atoms with E-state index in [2.05, 4.69) is 25.7 Å². The molecule has 1 fully saturated rings. The molecule has 0 saturated carbocycles. The van der Waals surface area contributed by atoms with Crippen LogP contribution in [0.1, 0.15) is 49.5 Å². The first-order valence-corrected chi connectivity index (χ1v) is 9.28. The van der Waals surface area contributed by atoms with Gasteiger partial charge in [0.2, 0.25) is 5.91 Å². The van der Waals surface area contributed by atoms with Crippen molar-refractivity contribution in [2.75, 3.05) is 33.2 Å².